The quantitative estimate of drug-likeness (QED) is 0.527. The van der Waals surface area contributed by atoms with E-state index in [1.807, 2.05) is 0 Å². The van der Waals surface area contributed by atoms with Crippen LogP contribution >= 0.6 is 12.6 Å². The number of rotatable bonds is 6. The van der Waals surface area contributed by atoms with Crippen molar-refractivity contribution >= 4 is 24.5 Å². The summed E-state index contributed by atoms with van der Waals surface area (Å²) >= 11 is 3.94. The Morgan fingerprint density at radius 2 is 2.00 bits per heavy atom. The Hall–Kier alpha value is -0.710. The Balaban J connectivity index is 3.79. The fraction of sp³-hybridized carbons (Fsp3) is 0.714. The molecule has 0 saturated carbocycles. The summed E-state index contributed by atoms with van der Waals surface area (Å²) in [6.45, 7) is 0. The first kappa shape index (κ1) is 11.3. The van der Waals surface area contributed by atoms with E-state index in [9.17, 15) is 9.59 Å². The van der Waals surface area contributed by atoms with E-state index in [1.54, 1.807) is 0 Å². The van der Waals surface area contributed by atoms with Crippen LogP contribution in [0.1, 0.15) is 19.3 Å². The van der Waals surface area contributed by atoms with Crippen molar-refractivity contribution in [3.05, 3.63) is 0 Å². The van der Waals surface area contributed by atoms with Gasteiger partial charge in [-0.1, -0.05) is 0 Å². The second-order valence-corrected chi connectivity index (χ2v) is 2.99. The molecular formula is C7H13NO3S. The summed E-state index contributed by atoms with van der Waals surface area (Å²) in [6.07, 6.45) is 0.846. The monoisotopic (exact) mass is 191 g/mol. The first-order chi connectivity index (χ1) is 5.57. The molecule has 0 aliphatic heterocycles. The van der Waals surface area contributed by atoms with Gasteiger partial charge in [-0.3, -0.25) is 9.59 Å². The molecule has 12 heavy (non-hydrogen) atoms. The summed E-state index contributed by atoms with van der Waals surface area (Å²) in [5.74, 6) is -1.14. The zero-order chi connectivity index (χ0) is 9.56. The van der Waals surface area contributed by atoms with Gasteiger partial charge in [0.05, 0.1) is 0 Å². The summed E-state index contributed by atoms with van der Waals surface area (Å²) in [5, 5.41) is 8.34. The number of amides is 1. The van der Waals surface area contributed by atoms with Crippen molar-refractivity contribution in [3.63, 3.8) is 0 Å². The average Bonchev–Trinajstić information content (AvgIpc) is 1.96. The number of carboxylic acids is 1. The van der Waals surface area contributed by atoms with E-state index in [0.717, 1.165) is 0 Å². The van der Waals surface area contributed by atoms with Crippen LogP contribution in [-0.4, -0.2) is 22.7 Å². The Bertz CT molecular complexity index is 172. The lowest BCUT2D eigenvalue weighted by molar-refractivity contribution is -0.137. The molecule has 1 amide bonds. The number of nitrogens with two attached hydrogens (primary N) is 1. The molecule has 0 aromatic heterocycles. The lowest BCUT2D eigenvalue weighted by atomic mass is 10.00. The third kappa shape index (κ3) is 5.01. The lowest BCUT2D eigenvalue weighted by Crippen LogP contribution is -2.24. The fourth-order valence-electron chi connectivity index (χ4n) is 0.882. The van der Waals surface area contributed by atoms with Gasteiger partial charge in [0.1, 0.15) is 0 Å². The van der Waals surface area contributed by atoms with Gasteiger partial charge in [0.15, 0.2) is 0 Å². The minimum Gasteiger partial charge on any atom is -0.481 e. The van der Waals surface area contributed by atoms with E-state index in [1.165, 1.54) is 0 Å². The highest BCUT2D eigenvalue weighted by Gasteiger charge is 2.15. The van der Waals surface area contributed by atoms with Crippen molar-refractivity contribution in [2.24, 2.45) is 11.7 Å². The normalized spacial score (nSPS) is 12.4. The van der Waals surface area contributed by atoms with Crippen LogP contribution in [-0.2, 0) is 9.59 Å². The van der Waals surface area contributed by atoms with Gasteiger partial charge in [-0.05, 0) is 18.6 Å². The zero-order valence-corrected chi connectivity index (χ0v) is 7.59. The van der Waals surface area contributed by atoms with Crippen molar-refractivity contribution in [3.8, 4) is 0 Å². The molecule has 0 saturated heterocycles. The molecule has 0 aliphatic rings. The predicted molar refractivity (Wildman–Crippen MR) is 48.0 cm³/mol. The van der Waals surface area contributed by atoms with E-state index >= 15 is 0 Å². The van der Waals surface area contributed by atoms with E-state index in [4.69, 9.17) is 10.8 Å². The van der Waals surface area contributed by atoms with Crippen LogP contribution in [0.25, 0.3) is 0 Å². The minimum atomic E-state index is -0.902. The smallest absolute Gasteiger partial charge is 0.303 e. The summed E-state index contributed by atoms with van der Waals surface area (Å²) in [5.41, 5.74) is 5.04. The Kier molecular flexibility index (Phi) is 5.53. The van der Waals surface area contributed by atoms with Crippen LogP contribution in [0.4, 0.5) is 0 Å². The molecule has 1 unspecified atom stereocenters. The second kappa shape index (κ2) is 5.88. The molecule has 5 heteroatoms. The largest absolute Gasteiger partial charge is 0.481 e. The van der Waals surface area contributed by atoms with E-state index < -0.39 is 11.9 Å². The molecular weight excluding hydrogens is 178 g/mol. The van der Waals surface area contributed by atoms with Gasteiger partial charge in [0, 0.05) is 12.3 Å². The number of carboxylic acid groups (broad SMARTS) is 1. The van der Waals surface area contributed by atoms with Gasteiger partial charge in [-0.25, -0.2) is 0 Å². The van der Waals surface area contributed by atoms with Gasteiger partial charge < -0.3 is 10.8 Å². The number of primary amides is 1. The van der Waals surface area contributed by atoms with Crippen LogP contribution < -0.4 is 5.73 Å². The number of carbonyl (C=O) groups excluding carboxylic acids is 1. The van der Waals surface area contributed by atoms with Gasteiger partial charge in [0.2, 0.25) is 5.91 Å². The molecule has 70 valence electrons. The molecule has 0 spiro atoms. The second-order valence-electron chi connectivity index (χ2n) is 2.54. The summed E-state index contributed by atoms with van der Waals surface area (Å²) in [7, 11) is 0. The van der Waals surface area contributed by atoms with Gasteiger partial charge >= 0.3 is 5.97 Å². The van der Waals surface area contributed by atoms with Crippen LogP contribution in [0.2, 0.25) is 0 Å². The van der Waals surface area contributed by atoms with Crippen molar-refractivity contribution in [2.45, 2.75) is 19.3 Å². The third-order valence-corrected chi connectivity index (χ3v) is 1.84. The minimum absolute atomic E-state index is 0.0125. The molecule has 3 N–H and O–H groups in total. The number of aliphatic carboxylic acids is 1. The van der Waals surface area contributed by atoms with Crippen molar-refractivity contribution < 1.29 is 14.7 Å². The Morgan fingerprint density at radius 1 is 1.42 bits per heavy atom. The molecule has 0 aromatic carbocycles. The third-order valence-electron chi connectivity index (χ3n) is 1.59. The van der Waals surface area contributed by atoms with Gasteiger partial charge in [0.25, 0.3) is 0 Å². The molecule has 0 aliphatic carbocycles. The zero-order valence-electron chi connectivity index (χ0n) is 6.69. The lowest BCUT2D eigenvalue weighted by Gasteiger charge is -2.09. The van der Waals surface area contributed by atoms with Crippen LogP contribution in [0.5, 0.6) is 0 Å². The van der Waals surface area contributed by atoms with Crippen molar-refractivity contribution in [2.75, 3.05) is 5.75 Å². The molecule has 0 rings (SSSR count). The van der Waals surface area contributed by atoms with Gasteiger partial charge in [-0.2, -0.15) is 12.6 Å². The first-order valence-electron chi connectivity index (χ1n) is 3.70. The maximum Gasteiger partial charge on any atom is 0.303 e. The summed E-state index contributed by atoms with van der Waals surface area (Å²) < 4.78 is 0. The predicted octanol–water partition coefficient (Wildman–Crippen LogP) is 0.273. The molecule has 0 heterocycles. The Labute approximate surface area is 76.5 Å². The first-order valence-corrected chi connectivity index (χ1v) is 4.33. The van der Waals surface area contributed by atoms with Crippen LogP contribution in [0.15, 0.2) is 0 Å². The van der Waals surface area contributed by atoms with E-state index in [2.05, 4.69) is 12.6 Å². The number of hydrogen-bond donors (Lipinski definition) is 3. The molecule has 0 radical (unpaired) electrons. The molecule has 4 nitrogen and oxygen atoms in total. The standard InChI is InChI=1S/C7H13NO3S/c8-7(11)5(3-4-12)1-2-6(9)10/h5,12H,1-4H2,(H2,8,11)(H,9,10). The number of thiol groups is 1. The van der Waals surface area contributed by atoms with E-state index in [-0.39, 0.29) is 12.3 Å². The van der Waals surface area contributed by atoms with Crippen LogP contribution in [0.3, 0.4) is 0 Å². The maximum absolute atomic E-state index is 10.7. The van der Waals surface area contributed by atoms with Gasteiger partial charge in [-0.15, -0.1) is 0 Å². The van der Waals surface area contributed by atoms with Crippen molar-refractivity contribution in [1.29, 1.82) is 0 Å². The molecule has 0 aromatic rings. The highest BCUT2D eigenvalue weighted by molar-refractivity contribution is 7.80. The highest BCUT2D eigenvalue weighted by Crippen LogP contribution is 2.11. The number of hydrogen-bond acceptors (Lipinski definition) is 3. The van der Waals surface area contributed by atoms with Crippen molar-refractivity contribution in [1.82, 2.24) is 0 Å². The number of carbonyl (C=O) groups is 2. The maximum atomic E-state index is 10.7. The topological polar surface area (TPSA) is 80.4 Å². The fourth-order valence-corrected chi connectivity index (χ4v) is 1.19. The Morgan fingerprint density at radius 3 is 2.33 bits per heavy atom. The highest BCUT2D eigenvalue weighted by atomic mass is 32.1. The average molecular weight is 191 g/mol. The summed E-state index contributed by atoms with van der Waals surface area (Å²) in [4.78, 5) is 20.9. The van der Waals surface area contributed by atoms with E-state index in [0.29, 0.717) is 18.6 Å². The van der Waals surface area contributed by atoms with Crippen LogP contribution in [0, 0.1) is 5.92 Å². The molecule has 1 atom stereocenters. The summed E-state index contributed by atoms with van der Waals surface area (Å²) in [6, 6.07) is 0. The molecule has 0 fully saturated rings. The SMILES string of the molecule is NC(=O)C(CCS)CCC(=O)O. The molecule has 0 bridgehead atoms.